The molecule has 0 saturated carbocycles. The molecule has 10 nitrogen and oxygen atoms in total. The van der Waals surface area contributed by atoms with Crippen LogP contribution in [0.5, 0.6) is 0 Å². The van der Waals surface area contributed by atoms with Crippen LogP contribution in [0.1, 0.15) is 43.5 Å². The zero-order chi connectivity index (χ0) is 34.3. The minimum Gasteiger partial charge on any atom is -0.377 e. The van der Waals surface area contributed by atoms with Crippen molar-refractivity contribution >= 4 is 50.8 Å². The number of nitrogens with one attached hydrogen (secondary N) is 2. The summed E-state index contributed by atoms with van der Waals surface area (Å²) in [5.74, 6) is -0.925. The Labute approximate surface area is 281 Å². The molecule has 2 atom stereocenters. The lowest BCUT2D eigenvalue weighted by Gasteiger charge is -2.49. The molecule has 48 heavy (non-hydrogen) atoms. The lowest BCUT2D eigenvalue weighted by Crippen LogP contribution is -2.62. The lowest BCUT2D eigenvalue weighted by atomic mass is 9.94. The number of carbonyl (C=O) groups excluding carboxylic acids is 1. The average molecular weight is 670 g/mol. The van der Waals surface area contributed by atoms with Gasteiger partial charge in [-0.15, -0.1) is 0 Å². The van der Waals surface area contributed by atoms with Crippen LogP contribution in [0, 0.1) is 19.7 Å². The van der Waals surface area contributed by atoms with Crippen LogP contribution < -0.4 is 21.5 Å². The first kappa shape index (κ1) is 31.7. The van der Waals surface area contributed by atoms with Gasteiger partial charge in [0.15, 0.2) is 5.82 Å². The van der Waals surface area contributed by atoms with E-state index in [2.05, 4.69) is 26.8 Å². The van der Waals surface area contributed by atoms with Gasteiger partial charge in [0.25, 0.3) is 5.56 Å². The van der Waals surface area contributed by atoms with E-state index in [4.69, 9.17) is 11.6 Å². The number of aromatic amines is 1. The van der Waals surface area contributed by atoms with Gasteiger partial charge in [-0.3, -0.25) is 23.7 Å². The summed E-state index contributed by atoms with van der Waals surface area (Å²) >= 11 is 7.12. The van der Waals surface area contributed by atoms with Crippen LogP contribution in [0.4, 0.5) is 15.8 Å². The van der Waals surface area contributed by atoms with Crippen LogP contribution in [-0.4, -0.2) is 61.6 Å². The first-order valence-corrected chi connectivity index (χ1v) is 16.4. The van der Waals surface area contributed by atoms with Crippen molar-refractivity contribution < 1.29 is 9.18 Å². The number of amides is 1. The Morgan fingerprint density at radius 3 is 2.56 bits per heavy atom. The number of hydrogen-bond acceptors (Lipinski definition) is 6. The number of halogens is 2. The van der Waals surface area contributed by atoms with Crippen LogP contribution in [0.2, 0.25) is 5.02 Å². The third-order valence-corrected chi connectivity index (χ3v) is 10.2. The highest BCUT2D eigenvalue weighted by atomic mass is 35.5. The molecule has 1 amide bonds. The number of fused-ring (bicyclic) bond motifs is 6. The molecule has 0 bridgehead atoms. The molecule has 5 heterocycles. The Balaban J connectivity index is 1.63. The molecule has 2 unspecified atom stereocenters. The fourth-order valence-electron chi connectivity index (χ4n) is 7.53. The van der Waals surface area contributed by atoms with Crippen molar-refractivity contribution in [3.05, 3.63) is 91.6 Å². The minimum atomic E-state index is -0.685. The number of H-pyrrole nitrogens is 1. The molecule has 248 valence electrons. The van der Waals surface area contributed by atoms with Gasteiger partial charge in [-0.2, -0.15) is 0 Å². The van der Waals surface area contributed by atoms with E-state index in [0.29, 0.717) is 69.9 Å². The number of anilines is 2. The summed E-state index contributed by atoms with van der Waals surface area (Å²) in [4.78, 5) is 51.7. The molecule has 2 aromatic carbocycles. The van der Waals surface area contributed by atoms with Gasteiger partial charge in [-0.1, -0.05) is 38.1 Å². The number of aryl methyl sites for hydroxylation is 3. The topological polar surface area (TPSA) is 108 Å². The third kappa shape index (κ3) is 4.51. The second-order valence-corrected chi connectivity index (χ2v) is 13.6. The first-order chi connectivity index (χ1) is 22.8. The smallest absolute Gasteiger partial charge is 0.326 e. The number of hydrogen-bond donors (Lipinski definition) is 2. The summed E-state index contributed by atoms with van der Waals surface area (Å²) in [5.41, 5.74) is 4.43. The van der Waals surface area contributed by atoms with Crippen LogP contribution in [0.25, 0.3) is 38.8 Å². The van der Waals surface area contributed by atoms with Gasteiger partial charge >= 0.3 is 5.69 Å². The predicted molar refractivity (Wildman–Crippen MR) is 189 cm³/mol. The van der Waals surface area contributed by atoms with Gasteiger partial charge in [0.05, 0.1) is 44.7 Å². The number of aromatic nitrogens is 4. The molecule has 2 aliphatic heterocycles. The van der Waals surface area contributed by atoms with Crippen molar-refractivity contribution in [1.82, 2.24) is 24.0 Å². The van der Waals surface area contributed by atoms with E-state index in [1.165, 1.54) is 15.2 Å². The number of carbonyl (C=O) groups is 1. The Morgan fingerprint density at radius 1 is 1.10 bits per heavy atom. The molecule has 3 aromatic heterocycles. The van der Waals surface area contributed by atoms with Gasteiger partial charge in [0.2, 0.25) is 5.91 Å². The minimum absolute atomic E-state index is 0.0628. The third-order valence-electron chi connectivity index (χ3n) is 9.87. The summed E-state index contributed by atoms with van der Waals surface area (Å²) in [6, 6.07) is 6.76. The summed E-state index contributed by atoms with van der Waals surface area (Å²) < 4.78 is 20.8. The number of rotatable bonds is 4. The van der Waals surface area contributed by atoms with E-state index >= 15 is 4.39 Å². The summed E-state index contributed by atoms with van der Waals surface area (Å²) in [5, 5.41) is 3.95. The van der Waals surface area contributed by atoms with Crippen LogP contribution in [-0.2, 0) is 11.8 Å². The molecular weight excluding hydrogens is 633 g/mol. The molecule has 2 N–H and O–H groups in total. The Morgan fingerprint density at radius 2 is 1.85 bits per heavy atom. The predicted octanol–water partition coefficient (Wildman–Crippen LogP) is 5.78. The molecule has 0 radical (unpaired) electrons. The molecule has 0 spiro atoms. The summed E-state index contributed by atoms with van der Waals surface area (Å²) in [6.45, 7) is 14.5. The zero-order valence-corrected chi connectivity index (χ0v) is 28.5. The van der Waals surface area contributed by atoms with E-state index in [1.807, 2.05) is 46.8 Å². The maximum atomic E-state index is 17.9. The molecule has 1 fully saturated rings. The molecule has 12 heteroatoms. The molecule has 1 saturated heterocycles. The molecule has 7 rings (SSSR count). The Hall–Kier alpha value is -4.90. The maximum absolute atomic E-state index is 17.9. The summed E-state index contributed by atoms with van der Waals surface area (Å²) in [6.07, 6.45) is 3.01. The number of nitrogens with zero attached hydrogens (tertiary/aromatic N) is 5. The van der Waals surface area contributed by atoms with Gasteiger partial charge in [0, 0.05) is 55.4 Å². The van der Waals surface area contributed by atoms with Crippen LogP contribution >= 0.6 is 11.6 Å². The quantitative estimate of drug-likeness (QED) is 0.235. The summed E-state index contributed by atoms with van der Waals surface area (Å²) in [7, 11) is 1.63. The van der Waals surface area contributed by atoms with Crippen molar-refractivity contribution in [3.63, 3.8) is 0 Å². The van der Waals surface area contributed by atoms with Crippen LogP contribution in [0.3, 0.4) is 0 Å². The van der Waals surface area contributed by atoms with E-state index in [1.54, 1.807) is 30.3 Å². The Bertz CT molecular complexity index is 2320. The van der Waals surface area contributed by atoms with Gasteiger partial charge in [0.1, 0.15) is 5.69 Å². The number of piperazine rings is 1. The SMILES string of the molecule is C=CC(=O)N1CC2CNc3c(c4cc(Cl)c(-c5c(C)ccc6[nH]c(=O)n(C)c56)c(F)c4n(-c4c(C)ccnc4C(C)C)c3=O)N2CC1C. The molecule has 0 aliphatic carbocycles. The lowest BCUT2D eigenvalue weighted by molar-refractivity contribution is -0.128. The monoisotopic (exact) mass is 669 g/mol. The first-order valence-electron chi connectivity index (χ1n) is 16.0. The highest BCUT2D eigenvalue weighted by Crippen LogP contribution is 2.46. The standard InChI is InChI=1S/C36H37ClFN7O3/c1-8-25(46)43-16-21-14-40-30-33(44(21)15-20(43)6)22-13-23(37)27(26-18(4)9-10-24-34(26)42(7)36(48)41-24)28(38)32(22)45(35(30)47)31-19(5)11-12-39-29(31)17(2)3/h8-13,17,20-21,40H,1,14-16H2,2-7H3,(H,41,48). The largest absolute Gasteiger partial charge is 0.377 e. The van der Waals surface area contributed by atoms with Crippen molar-refractivity contribution in [2.24, 2.45) is 7.05 Å². The van der Waals surface area contributed by atoms with E-state index in [0.717, 1.165) is 5.56 Å². The number of imidazole rings is 1. The van der Waals surface area contributed by atoms with Crippen molar-refractivity contribution in [3.8, 4) is 16.8 Å². The number of benzene rings is 2. The Kier molecular flexibility index (Phi) is 7.50. The second-order valence-electron chi connectivity index (χ2n) is 13.2. The van der Waals surface area contributed by atoms with E-state index in [-0.39, 0.29) is 45.7 Å². The fourth-order valence-corrected chi connectivity index (χ4v) is 7.82. The van der Waals surface area contributed by atoms with Crippen molar-refractivity contribution in [2.45, 2.75) is 52.6 Å². The van der Waals surface area contributed by atoms with Gasteiger partial charge < -0.3 is 20.1 Å². The second kappa shape index (κ2) is 11.4. The molecule has 5 aromatic rings. The maximum Gasteiger partial charge on any atom is 0.326 e. The van der Waals surface area contributed by atoms with Gasteiger partial charge in [-0.05, 0) is 62.1 Å². The van der Waals surface area contributed by atoms with Gasteiger partial charge in [-0.25, -0.2) is 9.18 Å². The highest BCUT2D eigenvalue weighted by Gasteiger charge is 2.40. The normalized spacial score (nSPS) is 17.5. The zero-order valence-electron chi connectivity index (χ0n) is 27.7. The van der Waals surface area contributed by atoms with E-state index < -0.39 is 11.4 Å². The fraction of sp³-hybridized carbons (Fsp3) is 0.333. The van der Waals surface area contributed by atoms with Crippen molar-refractivity contribution in [1.29, 1.82) is 0 Å². The molecule has 2 aliphatic rings. The molecular formula is C36H37ClFN7O3. The number of pyridine rings is 2. The average Bonchev–Trinajstić information content (AvgIpc) is 3.34. The van der Waals surface area contributed by atoms with Crippen molar-refractivity contribution in [2.75, 3.05) is 29.9 Å². The highest BCUT2D eigenvalue weighted by molar-refractivity contribution is 6.35. The van der Waals surface area contributed by atoms with E-state index in [9.17, 15) is 14.4 Å². The van der Waals surface area contributed by atoms with Crippen LogP contribution in [0.15, 0.2) is 52.7 Å².